The average molecular weight is 176 g/mol. The van der Waals surface area contributed by atoms with Gasteiger partial charge in [0.25, 0.3) is 0 Å². The molecule has 4 nitrogen and oxygen atoms in total. The highest BCUT2D eigenvalue weighted by atomic mass is 35.5. The van der Waals surface area contributed by atoms with Crippen molar-refractivity contribution >= 4 is 16.8 Å². The van der Waals surface area contributed by atoms with Crippen LogP contribution < -0.4 is 0 Å². The summed E-state index contributed by atoms with van der Waals surface area (Å²) in [5, 5.41) is 2.71. The summed E-state index contributed by atoms with van der Waals surface area (Å²) in [6, 6.07) is -0.716. The van der Waals surface area contributed by atoms with Crippen LogP contribution in [0.4, 0.5) is 0 Å². The zero-order valence-electron chi connectivity index (χ0n) is 6.49. The average Bonchev–Trinajstić information content (AvgIpc) is 1.98. The summed E-state index contributed by atoms with van der Waals surface area (Å²) < 4.78 is 0. The standard InChI is InChI=1S/C6H10ClN3O/c1-3-4(2)5(6(7)11)9-10-8/h4-5H,3H2,1-2H3. The Labute approximate surface area is 70.2 Å². The number of hydrogen-bond acceptors (Lipinski definition) is 2. The minimum atomic E-state index is -0.716. The van der Waals surface area contributed by atoms with Crippen LogP contribution in [-0.4, -0.2) is 11.3 Å². The Hall–Kier alpha value is -0.730. The summed E-state index contributed by atoms with van der Waals surface area (Å²) in [4.78, 5) is 13.2. The maximum Gasteiger partial charge on any atom is 0.230 e. The molecule has 0 N–H and O–H groups in total. The Bertz CT molecular complexity index is 186. The van der Waals surface area contributed by atoms with Crippen LogP contribution in [0.5, 0.6) is 0 Å². The van der Waals surface area contributed by atoms with Gasteiger partial charge in [0.1, 0.15) is 6.04 Å². The maximum atomic E-state index is 10.6. The van der Waals surface area contributed by atoms with Crippen molar-refractivity contribution in [1.82, 2.24) is 0 Å². The summed E-state index contributed by atoms with van der Waals surface area (Å²) in [5.74, 6) is 0.0101. The molecule has 0 heterocycles. The van der Waals surface area contributed by atoms with Gasteiger partial charge in [0.2, 0.25) is 5.24 Å². The van der Waals surface area contributed by atoms with Crippen LogP contribution in [0, 0.1) is 5.92 Å². The third-order valence-corrected chi connectivity index (χ3v) is 1.82. The quantitative estimate of drug-likeness (QED) is 0.280. The van der Waals surface area contributed by atoms with E-state index >= 15 is 0 Å². The van der Waals surface area contributed by atoms with Crippen LogP contribution >= 0.6 is 11.6 Å². The lowest BCUT2D eigenvalue weighted by molar-refractivity contribution is -0.113. The van der Waals surface area contributed by atoms with E-state index in [4.69, 9.17) is 17.1 Å². The molecule has 5 heteroatoms. The Morgan fingerprint density at radius 2 is 2.36 bits per heavy atom. The summed E-state index contributed by atoms with van der Waals surface area (Å²) >= 11 is 5.19. The monoisotopic (exact) mass is 175 g/mol. The zero-order valence-corrected chi connectivity index (χ0v) is 7.25. The molecule has 0 aromatic rings. The van der Waals surface area contributed by atoms with Gasteiger partial charge in [-0.2, -0.15) is 0 Å². The fourth-order valence-corrected chi connectivity index (χ4v) is 0.921. The number of azide groups is 1. The van der Waals surface area contributed by atoms with E-state index in [0.717, 1.165) is 6.42 Å². The molecular weight excluding hydrogens is 166 g/mol. The van der Waals surface area contributed by atoms with Crippen LogP contribution in [0.25, 0.3) is 10.4 Å². The molecular formula is C6H10ClN3O. The maximum absolute atomic E-state index is 10.6. The van der Waals surface area contributed by atoms with Crippen LogP contribution in [0.1, 0.15) is 20.3 Å². The van der Waals surface area contributed by atoms with Crippen molar-refractivity contribution in [3.8, 4) is 0 Å². The summed E-state index contributed by atoms with van der Waals surface area (Å²) in [6.07, 6.45) is 0.766. The van der Waals surface area contributed by atoms with Crippen LogP contribution in [0.15, 0.2) is 5.11 Å². The highest BCUT2D eigenvalue weighted by molar-refractivity contribution is 6.64. The zero-order chi connectivity index (χ0) is 8.85. The molecule has 0 aromatic carbocycles. The number of carbonyl (C=O) groups excluding carboxylic acids is 1. The van der Waals surface area contributed by atoms with Gasteiger partial charge in [0, 0.05) is 4.91 Å². The second kappa shape index (κ2) is 4.99. The highest BCUT2D eigenvalue weighted by Gasteiger charge is 2.20. The molecule has 2 atom stereocenters. The lowest BCUT2D eigenvalue weighted by atomic mass is 10.0. The molecule has 11 heavy (non-hydrogen) atoms. The highest BCUT2D eigenvalue weighted by Crippen LogP contribution is 2.14. The molecule has 0 amide bonds. The molecule has 0 fully saturated rings. The minimum absolute atomic E-state index is 0.0101. The van der Waals surface area contributed by atoms with Gasteiger partial charge in [-0.1, -0.05) is 25.4 Å². The van der Waals surface area contributed by atoms with Gasteiger partial charge in [-0.3, -0.25) is 4.79 Å². The van der Waals surface area contributed by atoms with Crippen molar-refractivity contribution in [2.75, 3.05) is 0 Å². The van der Waals surface area contributed by atoms with E-state index in [1.54, 1.807) is 0 Å². The minimum Gasteiger partial charge on any atom is -0.281 e. The predicted molar refractivity (Wildman–Crippen MR) is 43.2 cm³/mol. The van der Waals surface area contributed by atoms with Crippen molar-refractivity contribution in [3.63, 3.8) is 0 Å². The SMILES string of the molecule is CCC(C)C(N=[N+]=[N-])C(=O)Cl. The third kappa shape index (κ3) is 3.25. The molecule has 0 radical (unpaired) electrons. The van der Waals surface area contributed by atoms with Gasteiger partial charge < -0.3 is 0 Å². The number of nitrogens with zero attached hydrogens (tertiary/aromatic N) is 3. The van der Waals surface area contributed by atoms with Crippen molar-refractivity contribution < 1.29 is 4.79 Å². The summed E-state index contributed by atoms with van der Waals surface area (Å²) in [6.45, 7) is 3.73. The van der Waals surface area contributed by atoms with Gasteiger partial charge in [-0.25, -0.2) is 0 Å². The van der Waals surface area contributed by atoms with Crippen LogP contribution in [0.2, 0.25) is 0 Å². The van der Waals surface area contributed by atoms with E-state index in [9.17, 15) is 4.79 Å². The summed E-state index contributed by atoms with van der Waals surface area (Å²) in [7, 11) is 0. The Morgan fingerprint density at radius 1 is 1.82 bits per heavy atom. The van der Waals surface area contributed by atoms with E-state index < -0.39 is 11.3 Å². The Morgan fingerprint density at radius 3 is 2.64 bits per heavy atom. The van der Waals surface area contributed by atoms with Crippen molar-refractivity contribution in [2.24, 2.45) is 11.0 Å². The van der Waals surface area contributed by atoms with Gasteiger partial charge in [-0.05, 0) is 23.0 Å². The van der Waals surface area contributed by atoms with Gasteiger partial charge in [-0.15, -0.1) is 0 Å². The molecule has 0 aromatic heterocycles. The van der Waals surface area contributed by atoms with Crippen molar-refractivity contribution in [3.05, 3.63) is 10.4 Å². The fraction of sp³-hybridized carbons (Fsp3) is 0.833. The largest absolute Gasteiger partial charge is 0.281 e. The molecule has 62 valence electrons. The number of halogens is 1. The topological polar surface area (TPSA) is 65.8 Å². The first kappa shape index (κ1) is 10.3. The number of hydrogen-bond donors (Lipinski definition) is 0. The molecule has 0 aliphatic rings. The van der Waals surface area contributed by atoms with Crippen LogP contribution in [0.3, 0.4) is 0 Å². The lowest BCUT2D eigenvalue weighted by Gasteiger charge is -2.11. The molecule has 0 aliphatic carbocycles. The Kier molecular flexibility index (Phi) is 4.66. The molecule has 0 rings (SSSR count). The van der Waals surface area contributed by atoms with Crippen LogP contribution in [-0.2, 0) is 4.79 Å². The van der Waals surface area contributed by atoms with Crippen molar-refractivity contribution in [1.29, 1.82) is 0 Å². The van der Waals surface area contributed by atoms with E-state index in [2.05, 4.69) is 10.0 Å². The Balaban J connectivity index is 4.32. The van der Waals surface area contributed by atoms with E-state index in [-0.39, 0.29) is 5.92 Å². The fourth-order valence-electron chi connectivity index (χ4n) is 0.662. The molecule has 0 saturated carbocycles. The molecule has 0 aliphatic heterocycles. The van der Waals surface area contributed by atoms with Gasteiger partial charge >= 0.3 is 0 Å². The molecule has 0 bridgehead atoms. The molecule has 0 saturated heterocycles. The third-order valence-electron chi connectivity index (χ3n) is 1.59. The van der Waals surface area contributed by atoms with E-state index in [1.807, 2.05) is 13.8 Å². The van der Waals surface area contributed by atoms with Gasteiger partial charge in [0.15, 0.2) is 0 Å². The second-order valence-electron chi connectivity index (χ2n) is 2.34. The number of rotatable bonds is 4. The van der Waals surface area contributed by atoms with Gasteiger partial charge in [0.05, 0.1) is 0 Å². The van der Waals surface area contributed by atoms with E-state index in [0.29, 0.717) is 0 Å². The lowest BCUT2D eigenvalue weighted by Crippen LogP contribution is -2.20. The smallest absolute Gasteiger partial charge is 0.230 e. The first-order valence-corrected chi connectivity index (χ1v) is 3.74. The van der Waals surface area contributed by atoms with Crippen molar-refractivity contribution in [2.45, 2.75) is 26.3 Å². The second-order valence-corrected chi connectivity index (χ2v) is 2.71. The van der Waals surface area contributed by atoms with E-state index in [1.165, 1.54) is 0 Å². The number of carbonyl (C=O) groups is 1. The molecule has 0 spiro atoms. The normalized spacial score (nSPS) is 14.8. The first-order chi connectivity index (χ1) is 5.13. The predicted octanol–water partition coefficient (Wildman–Crippen LogP) is 2.48. The summed E-state index contributed by atoms with van der Waals surface area (Å²) in [5.41, 5.74) is 8.08. The first-order valence-electron chi connectivity index (χ1n) is 3.37. The molecule has 2 unspecified atom stereocenters.